The van der Waals surface area contributed by atoms with E-state index in [0.29, 0.717) is 5.56 Å². The summed E-state index contributed by atoms with van der Waals surface area (Å²) in [5.41, 5.74) is 1.74. The van der Waals surface area contributed by atoms with Crippen LogP contribution < -0.4 is 0 Å². The molecular weight excluding hydrogens is 255 g/mol. The predicted molar refractivity (Wildman–Crippen MR) is 77.6 cm³/mol. The summed E-state index contributed by atoms with van der Waals surface area (Å²) in [7, 11) is 1.55. The van der Waals surface area contributed by atoms with Gasteiger partial charge in [-0.15, -0.1) is 0 Å². The molecule has 0 aliphatic heterocycles. The maximum atomic E-state index is 14.1. The van der Waals surface area contributed by atoms with E-state index >= 15 is 0 Å². The van der Waals surface area contributed by atoms with Crippen LogP contribution >= 0.6 is 0 Å². The molecule has 1 aliphatic carbocycles. The molecule has 0 spiro atoms. The lowest BCUT2D eigenvalue weighted by molar-refractivity contribution is 0.0310. The minimum absolute atomic E-state index is 0.200. The van der Waals surface area contributed by atoms with Gasteiger partial charge in [0.2, 0.25) is 0 Å². The molecule has 1 aromatic carbocycles. The summed E-state index contributed by atoms with van der Waals surface area (Å²) in [4.78, 5) is 12.7. The van der Waals surface area contributed by atoms with E-state index in [-0.39, 0.29) is 17.3 Å². The Morgan fingerprint density at radius 1 is 1.25 bits per heavy atom. The Bertz CT molecular complexity index is 467. The fraction of sp³-hybridized carbons (Fsp3) is 0.588. The van der Waals surface area contributed by atoms with Crippen molar-refractivity contribution in [1.82, 2.24) is 0 Å². The summed E-state index contributed by atoms with van der Waals surface area (Å²) < 4.78 is 19.6. The van der Waals surface area contributed by atoms with Gasteiger partial charge < -0.3 is 4.74 Å². The number of rotatable bonds is 4. The highest BCUT2D eigenvalue weighted by Gasteiger charge is 2.32. The third-order valence-electron chi connectivity index (χ3n) is 4.27. The Labute approximate surface area is 120 Å². The number of benzene rings is 1. The third-order valence-corrected chi connectivity index (χ3v) is 4.27. The fourth-order valence-electron chi connectivity index (χ4n) is 3.32. The average molecular weight is 278 g/mol. The smallest absolute Gasteiger partial charge is 0.195 e. The van der Waals surface area contributed by atoms with E-state index in [1.807, 2.05) is 13.0 Å². The lowest BCUT2D eigenvalue weighted by Gasteiger charge is -2.28. The monoisotopic (exact) mass is 278 g/mol. The van der Waals surface area contributed by atoms with Crippen molar-refractivity contribution in [3.63, 3.8) is 0 Å². The van der Waals surface area contributed by atoms with Gasteiger partial charge >= 0.3 is 0 Å². The summed E-state index contributed by atoms with van der Waals surface area (Å²) in [5, 5.41) is 0. The van der Waals surface area contributed by atoms with Gasteiger partial charge in [-0.1, -0.05) is 25.3 Å². The van der Waals surface area contributed by atoms with Crippen molar-refractivity contribution < 1.29 is 13.9 Å². The van der Waals surface area contributed by atoms with Gasteiger partial charge in [0.1, 0.15) is 11.9 Å². The van der Waals surface area contributed by atoms with Crippen LogP contribution in [0.5, 0.6) is 0 Å². The highest BCUT2D eigenvalue weighted by Crippen LogP contribution is 2.30. The molecule has 2 nitrogen and oxygen atoms in total. The zero-order chi connectivity index (χ0) is 14.7. The number of hydrogen-bond acceptors (Lipinski definition) is 2. The lowest BCUT2D eigenvalue weighted by atomic mass is 9.82. The molecule has 1 unspecified atom stereocenters. The first-order valence-electron chi connectivity index (χ1n) is 7.38. The molecule has 1 atom stereocenters. The van der Waals surface area contributed by atoms with Gasteiger partial charge in [-0.2, -0.15) is 0 Å². The minimum atomic E-state index is -0.508. The first-order chi connectivity index (χ1) is 9.54. The number of hydrogen-bond donors (Lipinski definition) is 0. The molecule has 0 N–H and O–H groups in total. The van der Waals surface area contributed by atoms with E-state index in [9.17, 15) is 9.18 Å². The maximum Gasteiger partial charge on any atom is 0.195 e. The Hall–Kier alpha value is -1.22. The number of ether oxygens (including phenoxy) is 1. The van der Waals surface area contributed by atoms with Gasteiger partial charge in [0.15, 0.2) is 5.78 Å². The van der Waals surface area contributed by atoms with Crippen LogP contribution in [0, 0.1) is 25.6 Å². The molecule has 1 aliphatic rings. The number of Topliss-reactive ketones (excluding diaryl/α,β-unsaturated/α-hetero) is 1. The summed E-state index contributed by atoms with van der Waals surface area (Å²) in [6.07, 6.45) is 4.97. The number of methoxy groups -OCH3 is 1. The van der Waals surface area contributed by atoms with Crippen LogP contribution in [-0.2, 0) is 4.74 Å². The van der Waals surface area contributed by atoms with Crippen molar-refractivity contribution >= 4 is 5.78 Å². The number of halogens is 1. The van der Waals surface area contributed by atoms with Gasteiger partial charge in [-0.3, -0.25) is 4.79 Å². The molecule has 0 bridgehead atoms. The van der Waals surface area contributed by atoms with Crippen LogP contribution in [0.25, 0.3) is 0 Å². The maximum absolute atomic E-state index is 14.1. The zero-order valence-electron chi connectivity index (χ0n) is 12.5. The van der Waals surface area contributed by atoms with Crippen LogP contribution in [0.15, 0.2) is 12.1 Å². The molecule has 20 heavy (non-hydrogen) atoms. The number of carbonyl (C=O) groups excluding carboxylic acids is 1. The molecule has 2 rings (SSSR count). The molecular formula is C17H23FO2. The molecule has 1 saturated carbocycles. The second kappa shape index (κ2) is 6.49. The molecule has 0 amide bonds. The Balaban J connectivity index is 2.28. The van der Waals surface area contributed by atoms with Crippen LogP contribution in [0.1, 0.15) is 53.6 Å². The molecule has 0 saturated heterocycles. The van der Waals surface area contributed by atoms with Crippen molar-refractivity contribution in [2.45, 2.75) is 52.1 Å². The third kappa shape index (κ3) is 3.09. The largest absolute Gasteiger partial charge is 0.373 e. The van der Waals surface area contributed by atoms with Gasteiger partial charge in [-0.25, -0.2) is 4.39 Å². The molecule has 0 radical (unpaired) electrons. The SMILES string of the molecule is COC(C(=O)c1c(C)cc(C)cc1F)C1CCCCC1. The minimum Gasteiger partial charge on any atom is -0.373 e. The average Bonchev–Trinajstić information content (AvgIpc) is 2.39. The molecule has 0 heterocycles. The van der Waals surface area contributed by atoms with Crippen LogP contribution in [0.3, 0.4) is 0 Å². The van der Waals surface area contributed by atoms with Crippen molar-refractivity contribution in [1.29, 1.82) is 0 Å². The van der Waals surface area contributed by atoms with Crippen molar-refractivity contribution in [2.24, 2.45) is 5.92 Å². The Kier molecular flexibility index (Phi) is 4.92. The van der Waals surface area contributed by atoms with Gasteiger partial charge in [0.25, 0.3) is 0 Å². The van der Waals surface area contributed by atoms with E-state index in [1.54, 1.807) is 14.0 Å². The van der Waals surface area contributed by atoms with Gasteiger partial charge in [0.05, 0.1) is 5.56 Å². The molecule has 0 aromatic heterocycles. The Morgan fingerprint density at radius 2 is 1.90 bits per heavy atom. The van der Waals surface area contributed by atoms with E-state index in [4.69, 9.17) is 4.74 Å². The highest BCUT2D eigenvalue weighted by molar-refractivity contribution is 6.01. The molecule has 1 fully saturated rings. The second-order valence-corrected chi connectivity index (χ2v) is 5.86. The summed E-state index contributed by atoms with van der Waals surface area (Å²) in [6, 6.07) is 3.28. The predicted octanol–water partition coefficient (Wildman–Crippen LogP) is 4.22. The lowest BCUT2D eigenvalue weighted by Crippen LogP contribution is -2.34. The number of aryl methyl sites for hydroxylation is 2. The number of ketones is 1. The molecule has 3 heteroatoms. The Morgan fingerprint density at radius 3 is 2.45 bits per heavy atom. The zero-order valence-corrected chi connectivity index (χ0v) is 12.5. The standard InChI is InChI=1S/C17H23FO2/c1-11-9-12(2)15(14(18)10-11)16(19)17(20-3)13-7-5-4-6-8-13/h9-10,13,17H,4-8H2,1-3H3. The second-order valence-electron chi connectivity index (χ2n) is 5.86. The van der Waals surface area contributed by atoms with Crippen LogP contribution in [-0.4, -0.2) is 19.0 Å². The van der Waals surface area contributed by atoms with Gasteiger partial charge in [-0.05, 0) is 49.8 Å². The highest BCUT2D eigenvalue weighted by atomic mass is 19.1. The van der Waals surface area contributed by atoms with Crippen molar-refractivity contribution in [3.05, 3.63) is 34.6 Å². The number of carbonyl (C=O) groups is 1. The first-order valence-corrected chi connectivity index (χ1v) is 7.38. The van der Waals surface area contributed by atoms with Crippen molar-refractivity contribution in [3.8, 4) is 0 Å². The normalized spacial score (nSPS) is 18.0. The molecule has 110 valence electrons. The first kappa shape index (κ1) is 15.2. The van der Waals surface area contributed by atoms with E-state index in [1.165, 1.54) is 12.5 Å². The quantitative estimate of drug-likeness (QED) is 0.771. The van der Waals surface area contributed by atoms with Gasteiger partial charge in [0, 0.05) is 7.11 Å². The topological polar surface area (TPSA) is 26.3 Å². The summed E-state index contributed by atoms with van der Waals surface area (Å²) >= 11 is 0. The summed E-state index contributed by atoms with van der Waals surface area (Å²) in [6.45, 7) is 3.62. The molecule has 1 aromatic rings. The van der Waals surface area contributed by atoms with Crippen LogP contribution in [0.4, 0.5) is 4.39 Å². The van der Waals surface area contributed by atoms with Crippen LogP contribution in [0.2, 0.25) is 0 Å². The van der Waals surface area contributed by atoms with E-state index < -0.39 is 11.9 Å². The van der Waals surface area contributed by atoms with E-state index in [2.05, 4.69) is 0 Å². The summed E-state index contributed by atoms with van der Waals surface area (Å²) in [5.74, 6) is -0.402. The van der Waals surface area contributed by atoms with E-state index in [0.717, 1.165) is 31.2 Å². The van der Waals surface area contributed by atoms with Crippen molar-refractivity contribution in [2.75, 3.05) is 7.11 Å². The fourth-order valence-corrected chi connectivity index (χ4v) is 3.32.